The Balaban J connectivity index is 1.46. The van der Waals surface area contributed by atoms with E-state index in [1.165, 1.54) is 32.7 Å². The molecular formula is C41H40O4. The summed E-state index contributed by atoms with van der Waals surface area (Å²) in [5.74, 6) is 1.49. The van der Waals surface area contributed by atoms with Gasteiger partial charge in [0, 0.05) is 16.5 Å². The number of ether oxygens (including phenoxy) is 2. The van der Waals surface area contributed by atoms with Crippen molar-refractivity contribution >= 4 is 21.5 Å². The zero-order chi connectivity index (χ0) is 31.6. The van der Waals surface area contributed by atoms with Gasteiger partial charge in [0.25, 0.3) is 0 Å². The lowest BCUT2D eigenvalue weighted by atomic mass is 9.76. The van der Waals surface area contributed by atoms with Gasteiger partial charge in [0.15, 0.2) is 0 Å². The van der Waals surface area contributed by atoms with Gasteiger partial charge in [0.1, 0.15) is 24.7 Å². The molecule has 0 amide bonds. The Bertz CT molecular complexity index is 1850. The number of aliphatic hydroxyl groups is 2. The second-order valence-electron chi connectivity index (χ2n) is 12.2. The average molecular weight is 597 g/mol. The lowest BCUT2D eigenvalue weighted by Crippen LogP contribution is -2.19. The molecule has 4 heteroatoms. The molecule has 0 saturated carbocycles. The maximum absolute atomic E-state index is 9.51. The minimum atomic E-state index is -0.366. The van der Waals surface area contributed by atoms with Crippen molar-refractivity contribution in [2.75, 3.05) is 26.4 Å². The van der Waals surface area contributed by atoms with Crippen molar-refractivity contribution in [2.45, 2.75) is 33.1 Å². The molecule has 0 aliphatic rings. The summed E-state index contributed by atoms with van der Waals surface area (Å²) in [5, 5.41) is 23.8. The minimum absolute atomic E-state index is 0.0502. The van der Waals surface area contributed by atoms with Gasteiger partial charge in [-0.3, -0.25) is 0 Å². The summed E-state index contributed by atoms with van der Waals surface area (Å²) in [5.41, 5.74) is 8.52. The summed E-state index contributed by atoms with van der Waals surface area (Å²) in [6.07, 6.45) is 0. The predicted octanol–water partition coefficient (Wildman–Crippen LogP) is 9.01. The van der Waals surface area contributed by atoms with Crippen LogP contribution in [0.3, 0.4) is 0 Å². The van der Waals surface area contributed by atoms with E-state index in [0.29, 0.717) is 0 Å². The molecule has 0 aliphatic heterocycles. The molecule has 228 valence electrons. The monoisotopic (exact) mass is 596 g/mol. The molecule has 0 fully saturated rings. The highest BCUT2D eigenvalue weighted by molar-refractivity contribution is 5.92. The zero-order valence-corrected chi connectivity index (χ0v) is 26.4. The maximum atomic E-state index is 9.51. The zero-order valence-electron chi connectivity index (χ0n) is 26.4. The Labute approximate surface area is 265 Å². The quantitative estimate of drug-likeness (QED) is 0.166. The summed E-state index contributed by atoms with van der Waals surface area (Å²) in [7, 11) is 0. The fourth-order valence-corrected chi connectivity index (χ4v) is 6.24. The van der Waals surface area contributed by atoms with Gasteiger partial charge < -0.3 is 19.7 Å². The number of benzene rings is 6. The van der Waals surface area contributed by atoms with E-state index >= 15 is 0 Å². The molecule has 0 atom stereocenters. The molecule has 0 spiro atoms. The van der Waals surface area contributed by atoms with Crippen LogP contribution in [0.15, 0.2) is 109 Å². The van der Waals surface area contributed by atoms with E-state index < -0.39 is 0 Å². The second-order valence-corrected chi connectivity index (χ2v) is 12.2. The van der Waals surface area contributed by atoms with Gasteiger partial charge in [-0.05, 0) is 105 Å². The first kappa shape index (κ1) is 30.4. The lowest BCUT2D eigenvalue weighted by molar-refractivity contribution is 0.202. The molecule has 6 aromatic rings. The number of hydrogen-bond donors (Lipinski definition) is 2. The van der Waals surface area contributed by atoms with Crippen LogP contribution in [0.1, 0.15) is 36.1 Å². The van der Waals surface area contributed by atoms with Crippen LogP contribution in [0, 0.1) is 13.8 Å². The normalized spacial score (nSPS) is 11.7. The van der Waals surface area contributed by atoms with Crippen molar-refractivity contribution in [2.24, 2.45) is 0 Å². The Morgan fingerprint density at radius 1 is 0.533 bits per heavy atom. The first-order chi connectivity index (χ1) is 21.8. The summed E-state index contributed by atoms with van der Waals surface area (Å²) in [6.45, 7) is 9.10. The molecular weight excluding hydrogens is 556 g/mol. The third kappa shape index (κ3) is 6.04. The van der Waals surface area contributed by atoms with E-state index in [9.17, 15) is 10.2 Å². The van der Waals surface area contributed by atoms with E-state index in [4.69, 9.17) is 9.47 Å². The van der Waals surface area contributed by atoms with Crippen molar-refractivity contribution in [1.29, 1.82) is 0 Å². The Morgan fingerprint density at radius 2 is 0.978 bits per heavy atom. The first-order valence-corrected chi connectivity index (χ1v) is 15.6. The highest BCUT2D eigenvalue weighted by Crippen LogP contribution is 2.42. The molecule has 0 heterocycles. The first-order valence-electron chi connectivity index (χ1n) is 15.6. The molecule has 4 nitrogen and oxygen atoms in total. The highest BCUT2D eigenvalue weighted by atomic mass is 16.5. The fourth-order valence-electron chi connectivity index (χ4n) is 6.24. The highest BCUT2D eigenvalue weighted by Gasteiger charge is 2.26. The van der Waals surface area contributed by atoms with Gasteiger partial charge >= 0.3 is 0 Å². The Hall–Kier alpha value is -4.64. The molecule has 0 aromatic heterocycles. The third-order valence-corrected chi connectivity index (χ3v) is 8.92. The molecule has 0 bridgehead atoms. The third-order valence-electron chi connectivity index (χ3n) is 8.92. The van der Waals surface area contributed by atoms with Crippen LogP contribution in [-0.4, -0.2) is 36.6 Å². The molecule has 0 aliphatic carbocycles. The van der Waals surface area contributed by atoms with Gasteiger partial charge in [-0.25, -0.2) is 0 Å². The molecule has 0 unspecified atom stereocenters. The van der Waals surface area contributed by atoms with Crippen molar-refractivity contribution < 1.29 is 19.7 Å². The van der Waals surface area contributed by atoms with Crippen LogP contribution < -0.4 is 9.47 Å². The summed E-state index contributed by atoms with van der Waals surface area (Å²) in [4.78, 5) is 0. The van der Waals surface area contributed by atoms with Crippen LogP contribution in [0.5, 0.6) is 11.5 Å². The van der Waals surface area contributed by atoms with Crippen LogP contribution >= 0.6 is 0 Å². The molecule has 45 heavy (non-hydrogen) atoms. The van der Waals surface area contributed by atoms with Crippen LogP contribution in [-0.2, 0) is 5.41 Å². The van der Waals surface area contributed by atoms with Gasteiger partial charge in [-0.1, -0.05) is 86.6 Å². The van der Waals surface area contributed by atoms with E-state index in [2.05, 4.69) is 125 Å². The van der Waals surface area contributed by atoms with Gasteiger partial charge in [-0.2, -0.15) is 0 Å². The Kier molecular flexibility index (Phi) is 8.62. The summed E-state index contributed by atoms with van der Waals surface area (Å²) >= 11 is 0. The second kappa shape index (κ2) is 12.8. The number of aryl methyl sites for hydroxylation is 2. The van der Waals surface area contributed by atoms with Gasteiger partial charge in [0.2, 0.25) is 0 Å². The van der Waals surface area contributed by atoms with Crippen LogP contribution in [0.4, 0.5) is 0 Å². The van der Waals surface area contributed by atoms with Gasteiger partial charge in [-0.15, -0.1) is 0 Å². The largest absolute Gasteiger partial charge is 0.491 e. The lowest BCUT2D eigenvalue weighted by Gasteiger charge is -2.28. The van der Waals surface area contributed by atoms with Crippen LogP contribution in [0.2, 0.25) is 0 Å². The number of aliphatic hydroxyl groups excluding tert-OH is 2. The fraction of sp³-hybridized carbons (Fsp3) is 0.220. The standard InChI is InChI=1S/C41H40O4/c1-27-7-5-9-29-23-31(11-15-35(27)29)37-25-33(13-17-39(37)44-21-19-42)41(3,4)34-14-18-40(45-22-20-43)38(26-34)32-12-16-36-28(2)8-6-10-30(36)24-32/h5-18,23-26,42-43H,19-22H2,1-4H3. The van der Waals surface area contributed by atoms with Crippen molar-refractivity contribution in [1.82, 2.24) is 0 Å². The summed E-state index contributed by atoms with van der Waals surface area (Å²) < 4.78 is 12.1. The average Bonchev–Trinajstić information content (AvgIpc) is 3.06. The van der Waals surface area contributed by atoms with Crippen LogP contribution in [0.25, 0.3) is 43.8 Å². The Morgan fingerprint density at radius 3 is 1.40 bits per heavy atom. The SMILES string of the molecule is Cc1cccc2cc(-c3cc(C(C)(C)c4ccc(OCCO)c(-c5ccc6c(C)cccc6c5)c4)ccc3OCCO)ccc12. The van der Waals surface area contributed by atoms with E-state index in [1.54, 1.807) is 0 Å². The van der Waals surface area contributed by atoms with E-state index in [0.717, 1.165) is 44.9 Å². The summed E-state index contributed by atoms with van der Waals surface area (Å²) in [6, 6.07) is 38.5. The molecule has 6 aromatic carbocycles. The van der Waals surface area contributed by atoms with Crippen molar-refractivity contribution in [3.05, 3.63) is 131 Å². The number of rotatable bonds is 10. The molecule has 0 saturated heterocycles. The maximum Gasteiger partial charge on any atom is 0.127 e. The van der Waals surface area contributed by atoms with E-state index in [-0.39, 0.29) is 31.8 Å². The number of hydrogen-bond acceptors (Lipinski definition) is 4. The number of fused-ring (bicyclic) bond motifs is 2. The topological polar surface area (TPSA) is 58.9 Å². The molecule has 6 rings (SSSR count). The van der Waals surface area contributed by atoms with E-state index in [1.807, 2.05) is 12.1 Å². The predicted molar refractivity (Wildman–Crippen MR) is 186 cm³/mol. The smallest absolute Gasteiger partial charge is 0.127 e. The molecule has 2 N–H and O–H groups in total. The molecule has 0 radical (unpaired) electrons. The van der Waals surface area contributed by atoms with Crippen molar-refractivity contribution in [3.8, 4) is 33.8 Å². The van der Waals surface area contributed by atoms with Crippen molar-refractivity contribution in [3.63, 3.8) is 0 Å². The minimum Gasteiger partial charge on any atom is -0.491 e. The van der Waals surface area contributed by atoms with Gasteiger partial charge in [0.05, 0.1) is 13.2 Å².